The van der Waals surface area contributed by atoms with Gasteiger partial charge in [0.25, 0.3) is 5.69 Å². The zero-order chi connectivity index (χ0) is 14.3. The van der Waals surface area contributed by atoms with E-state index in [1.54, 1.807) is 6.92 Å². The minimum Gasteiger partial charge on any atom is -0.370 e. The van der Waals surface area contributed by atoms with Gasteiger partial charge in [-0.05, 0) is 19.4 Å². The third-order valence-corrected chi connectivity index (χ3v) is 2.48. The van der Waals surface area contributed by atoms with Crippen molar-refractivity contribution in [3.8, 4) is 0 Å². The van der Waals surface area contributed by atoms with Gasteiger partial charge in [0, 0.05) is 25.6 Å². The molecule has 0 atom stereocenters. The van der Waals surface area contributed by atoms with Crippen LogP contribution in [0.15, 0.2) is 12.1 Å². The summed E-state index contributed by atoms with van der Waals surface area (Å²) < 4.78 is 0. The molecule has 2 N–H and O–H groups in total. The molecule has 7 heteroatoms. The fraction of sp³-hybridized carbons (Fsp3) is 0.500. The monoisotopic (exact) mass is 266 g/mol. The van der Waals surface area contributed by atoms with Crippen LogP contribution >= 0.6 is 0 Å². The Hall–Kier alpha value is -2.18. The molecule has 0 fully saturated rings. The number of pyridine rings is 1. The van der Waals surface area contributed by atoms with Crippen molar-refractivity contribution < 1.29 is 9.72 Å². The molecule has 1 aromatic heterocycles. The lowest BCUT2D eigenvalue weighted by Gasteiger charge is -2.07. The van der Waals surface area contributed by atoms with Crippen molar-refractivity contribution in [2.45, 2.75) is 26.7 Å². The highest BCUT2D eigenvalue weighted by molar-refractivity contribution is 5.76. The van der Waals surface area contributed by atoms with E-state index in [2.05, 4.69) is 15.6 Å². The molecule has 0 spiro atoms. The van der Waals surface area contributed by atoms with Crippen LogP contribution in [0.4, 0.5) is 11.5 Å². The van der Waals surface area contributed by atoms with E-state index >= 15 is 0 Å². The molecule has 1 amide bonds. The maximum absolute atomic E-state index is 11.3. The first-order chi connectivity index (χ1) is 9.04. The first-order valence-corrected chi connectivity index (χ1v) is 6.17. The number of amides is 1. The predicted molar refractivity (Wildman–Crippen MR) is 72.0 cm³/mol. The number of aromatic nitrogens is 1. The topological polar surface area (TPSA) is 97.2 Å². The number of nitro groups is 1. The van der Waals surface area contributed by atoms with Gasteiger partial charge in [-0.2, -0.15) is 0 Å². The Bertz CT molecular complexity index is 462. The predicted octanol–water partition coefficient (Wildman–Crippen LogP) is 1.63. The summed E-state index contributed by atoms with van der Waals surface area (Å²) >= 11 is 0. The molecule has 0 bridgehead atoms. The van der Waals surface area contributed by atoms with Crippen molar-refractivity contribution in [1.82, 2.24) is 10.3 Å². The first-order valence-electron chi connectivity index (χ1n) is 6.17. The summed E-state index contributed by atoms with van der Waals surface area (Å²) in [6.45, 7) is 4.69. The van der Waals surface area contributed by atoms with Crippen LogP contribution in [0.2, 0.25) is 0 Å². The quantitative estimate of drug-likeness (QED) is 0.577. The van der Waals surface area contributed by atoms with Crippen molar-refractivity contribution in [2.24, 2.45) is 0 Å². The molecule has 0 aliphatic carbocycles. The van der Waals surface area contributed by atoms with E-state index in [0.717, 1.165) is 6.42 Å². The molecule has 0 aliphatic rings. The number of rotatable bonds is 7. The average molecular weight is 266 g/mol. The number of carbonyl (C=O) groups excluding carboxylic acids is 1. The highest BCUT2D eigenvalue weighted by atomic mass is 16.6. The largest absolute Gasteiger partial charge is 0.370 e. The fourth-order valence-electron chi connectivity index (χ4n) is 1.50. The molecule has 0 saturated carbocycles. The maximum atomic E-state index is 11.3. The van der Waals surface area contributed by atoms with Crippen LogP contribution in [-0.4, -0.2) is 28.9 Å². The van der Waals surface area contributed by atoms with Crippen LogP contribution in [0.1, 0.15) is 25.5 Å². The van der Waals surface area contributed by atoms with Crippen molar-refractivity contribution in [3.05, 3.63) is 27.9 Å². The van der Waals surface area contributed by atoms with Gasteiger partial charge in [0.1, 0.15) is 11.5 Å². The Labute approximate surface area is 111 Å². The van der Waals surface area contributed by atoms with E-state index in [1.165, 1.54) is 12.1 Å². The van der Waals surface area contributed by atoms with Crippen LogP contribution in [0, 0.1) is 17.0 Å². The lowest BCUT2D eigenvalue weighted by atomic mass is 10.3. The molecule has 1 aromatic rings. The Morgan fingerprint density at radius 3 is 2.74 bits per heavy atom. The van der Waals surface area contributed by atoms with Gasteiger partial charge < -0.3 is 10.6 Å². The van der Waals surface area contributed by atoms with Crippen molar-refractivity contribution in [3.63, 3.8) is 0 Å². The zero-order valence-electron chi connectivity index (χ0n) is 11.1. The summed E-state index contributed by atoms with van der Waals surface area (Å²) in [7, 11) is 0. The average Bonchev–Trinajstić information content (AvgIpc) is 2.36. The van der Waals surface area contributed by atoms with Crippen molar-refractivity contribution >= 4 is 17.4 Å². The second kappa shape index (κ2) is 7.30. The van der Waals surface area contributed by atoms with Crippen LogP contribution in [0.5, 0.6) is 0 Å². The third kappa shape index (κ3) is 4.90. The molecule has 0 radical (unpaired) electrons. The lowest BCUT2D eigenvalue weighted by Crippen LogP contribution is -2.26. The molecule has 7 nitrogen and oxygen atoms in total. The number of hydrogen-bond acceptors (Lipinski definition) is 5. The molecule has 0 unspecified atom stereocenters. The van der Waals surface area contributed by atoms with Crippen LogP contribution in [-0.2, 0) is 4.79 Å². The van der Waals surface area contributed by atoms with E-state index in [1.807, 2.05) is 6.92 Å². The summed E-state index contributed by atoms with van der Waals surface area (Å²) in [6.07, 6.45) is 1.25. The van der Waals surface area contributed by atoms with E-state index in [-0.39, 0.29) is 11.6 Å². The standard InChI is InChI=1S/C12H18N4O3/c1-3-7-14-12(17)6-8-13-11-5-4-10(16(18)19)9(2)15-11/h4-5H,3,6-8H2,1-2H3,(H,13,15)(H,14,17). The highest BCUT2D eigenvalue weighted by Gasteiger charge is 2.11. The van der Waals surface area contributed by atoms with Gasteiger partial charge in [-0.3, -0.25) is 14.9 Å². The molecule has 0 aromatic carbocycles. The van der Waals surface area contributed by atoms with Crippen LogP contribution < -0.4 is 10.6 Å². The molecular formula is C12H18N4O3. The molecule has 19 heavy (non-hydrogen) atoms. The minimum absolute atomic E-state index is 0.00811. The maximum Gasteiger partial charge on any atom is 0.290 e. The third-order valence-electron chi connectivity index (χ3n) is 2.48. The van der Waals surface area contributed by atoms with Gasteiger partial charge >= 0.3 is 0 Å². The number of nitrogens with one attached hydrogen (secondary N) is 2. The summed E-state index contributed by atoms with van der Waals surface area (Å²) in [6, 6.07) is 2.94. The number of aryl methyl sites for hydroxylation is 1. The summed E-state index contributed by atoms with van der Waals surface area (Å²) in [5.74, 6) is 0.513. The van der Waals surface area contributed by atoms with Crippen molar-refractivity contribution in [2.75, 3.05) is 18.4 Å². The molecule has 104 valence electrons. The number of anilines is 1. The van der Waals surface area contributed by atoms with Crippen molar-refractivity contribution in [1.29, 1.82) is 0 Å². The van der Waals surface area contributed by atoms with E-state index in [0.29, 0.717) is 31.0 Å². The first kappa shape index (κ1) is 14.9. The van der Waals surface area contributed by atoms with Gasteiger partial charge in [0.15, 0.2) is 0 Å². The van der Waals surface area contributed by atoms with Gasteiger partial charge in [-0.1, -0.05) is 6.92 Å². The second-order valence-electron chi connectivity index (χ2n) is 4.08. The summed E-state index contributed by atoms with van der Waals surface area (Å²) in [5.41, 5.74) is 0.344. The van der Waals surface area contributed by atoms with Gasteiger partial charge in [-0.25, -0.2) is 4.98 Å². The molecular weight excluding hydrogens is 248 g/mol. The van der Waals surface area contributed by atoms with E-state index in [9.17, 15) is 14.9 Å². The van der Waals surface area contributed by atoms with E-state index in [4.69, 9.17) is 0 Å². The normalized spacial score (nSPS) is 10.0. The molecule has 0 aliphatic heterocycles. The van der Waals surface area contributed by atoms with Gasteiger partial charge in [0.2, 0.25) is 5.91 Å². The number of nitrogens with zero attached hydrogens (tertiary/aromatic N) is 2. The minimum atomic E-state index is -0.468. The van der Waals surface area contributed by atoms with Crippen LogP contribution in [0.25, 0.3) is 0 Å². The van der Waals surface area contributed by atoms with Crippen LogP contribution in [0.3, 0.4) is 0 Å². The van der Waals surface area contributed by atoms with E-state index < -0.39 is 4.92 Å². The highest BCUT2D eigenvalue weighted by Crippen LogP contribution is 2.17. The lowest BCUT2D eigenvalue weighted by molar-refractivity contribution is -0.385. The Kier molecular flexibility index (Phi) is 5.72. The van der Waals surface area contributed by atoms with Gasteiger partial charge in [0.05, 0.1) is 4.92 Å². The molecule has 1 rings (SSSR count). The Balaban J connectivity index is 2.44. The molecule has 1 heterocycles. The second-order valence-corrected chi connectivity index (χ2v) is 4.08. The Morgan fingerprint density at radius 2 is 2.16 bits per heavy atom. The smallest absolute Gasteiger partial charge is 0.290 e. The van der Waals surface area contributed by atoms with Gasteiger partial charge in [-0.15, -0.1) is 0 Å². The fourth-order valence-corrected chi connectivity index (χ4v) is 1.50. The number of carbonyl (C=O) groups is 1. The zero-order valence-corrected chi connectivity index (χ0v) is 11.1. The Morgan fingerprint density at radius 1 is 1.42 bits per heavy atom. The molecule has 0 saturated heterocycles. The number of hydrogen-bond donors (Lipinski definition) is 2. The summed E-state index contributed by atoms with van der Waals surface area (Å²) in [4.78, 5) is 25.6. The summed E-state index contributed by atoms with van der Waals surface area (Å²) in [5, 5.41) is 16.4. The SMILES string of the molecule is CCCNC(=O)CCNc1ccc([N+](=O)[O-])c(C)n1.